The van der Waals surface area contributed by atoms with E-state index in [9.17, 15) is 4.79 Å². The maximum atomic E-state index is 11.8. The molecule has 0 aliphatic carbocycles. The van der Waals surface area contributed by atoms with Gasteiger partial charge in [0.05, 0.1) is 0 Å². The molecule has 0 saturated heterocycles. The average Bonchev–Trinajstić information content (AvgIpc) is 2.68. The third-order valence-electron chi connectivity index (χ3n) is 2.98. The van der Waals surface area contributed by atoms with Gasteiger partial charge in [0, 0.05) is 27.9 Å². The van der Waals surface area contributed by atoms with Crippen molar-refractivity contribution in [2.24, 2.45) is 5.92 Å². The summed E-state index contributed by atoms with van der Waals surface area (Å²) in [6, 6.07) is 11.4. The first-order valence-electron chi connectivity index (χ1n) is 6.01. The fourth-order valence-electron chi connectivity index (χ4n) is 1.97. The quantitative estimate of drug-likeness (QED) is 0.752. The van der Waals surface area contributed by atoms with Crippen LogP contribution in [0.3, 0.4) is 0 Å². The average molecular weight is 239 g/mol. The molecule has 0 aliphatic heterocycles. The number of hydrogen-bond donors (Lipinski definition) is 0. The molecular weight excluding hydrogens is 222 g/mol. The van der Waals surface area contributed by atoms with Gasteiger partial charge in [-0.25, -0.2) is 0 Å². The molecule has 1 aromatic heterocycles. The highest BCUT2D eigenvalue weighted by atomic mass is 16.1. The standard InChI is InChI=1S/C16H17NO/c1-11(2)16(18)14-7-9-15(10-8-14)17-12(3)5-6-13(17)4/h5-11H,3-4H2,1-2H3. The molecular formula is C16H17NO. The van der Waals surface area contributed by atoms with Crippen LogP contribution in [0.25, 0.3) is 18.8 Å². The molecule has 18 heavy (non-hydrogen) atoms. The lowest BCUT2D eigenvalue weighted by molar-refractivity contribution is 0.0939. The van der Waals surface area contributed by atoms with E-state index in [0.29, 0.717) is 0 Å². The van der Waals surface area contributed by atoms with E-state index in [1.165, 1.54) is 0 Å². The van der Waals surface area contributed by atoms with Gasteiger partial charge >= 0.3 is 0 Å². The lowest BCUT2D eigenvalue weighted by Crippen LogP contribution is -2.22. The van der Waals surface area contributed by atoms with Gasteiger partial charge in [0.15, 0.2) is 5.78 Å². The molecule has 0 radical (unpaired) electrons. The van der Waals surface area contributed by atoms with E-state index in [4.69, 9.17) is 0 Å². The molecule has 0 aliphatic rings. The second kappa shape index (κ2) is 4.65. The summed E-state index contributed by atoms with van der Waals surface area (Å²) in [4.78, 5) is 11.8. The van der Waals surface area contributed by atoms with E-state index in [1.54, 1.807) is 0 Å². The summed E-state index contributed by atoms with van der Waals surface area (Å²) >= 11 is 0. The van der Waals surface area contributed by atoms with Gasteiger partial charge in [-0.3, -0.25) is 4.79 Å². The molecule has 2 aromatic rings. The Balaban J connectivity index is 2.43. The molecule has 0 atom stereocenters. The number of aromatic nitrogens is 1. The Morgan fingerprint density at radius 2 is 1.50 bits per heavy atom. The largest absolute Gasteiger partial charge is 0.312 e. The normalized spacial score (nSPS) is 10.8. The molecule has 0 unspecified atom stereocenters. The van der Waals surface area contributed by atoms with E-state index in [-0.39, 0.29) is 11.7 Å². The first-order chi connectivity index (χ1) is 8.50. The van der Waals surface area contributed by atoms with E-state index < -0.39 is 0 Å². The van der Waals surface area contributed by atoms with Crippen LogP contribution in [-0.4, -0.2) is 10.4 Å². The van der Waals surface area contributed by atoms with Crippen LogP contribution >= 0.6 is 0 Å². The van der Waals surface area contributed by atoms with Gasteiger partial charge in [0.1, 0.15) is 0 Å². The van der Waals surface area contributed by atoms with E-state index in [0.717, 1.165) is 21.9 Å². The number of ketones is 1. The number of carbonyl (C=O) groups excluding carboxylic acids is 1. The van der Waals surface area contributed by atoms with E-state index in [2.05, 4.69) is 13.2 Å². The summed E-state index contributed by atoms with van der Waals surface area (Å²) in [5.41, 5.74) is 1.73. The lowest BCUT2D eigenvalue weighted by atomic mass is 10.0. The Morgan fingerprint density at radius 1 is 1.00 bits per heavy atom. The Labute approximate surface area is 107 Å². The molecule has 2 rings (SSSR count). The third-order valence-corrected chi connectivity index (χ3v) is 2.98. The van der Waals surface area contributed by atoms with Crippen LogP contribution in [0.15, 0.2) is 36.4 Å². The predicted molar refractivity (Wildman–Crippen MR) is 75.2 cm³/mol. The summed E-state index contributed by atoms with van der Waals surface area (Å²) in [6.07, 6.45) is 0. The fraction of sp³-hybridized carbons (Fsp3) is 0.188. The molecule has 0 fully saturated rings. The maximum Gasteiger partial charge on any atom is 0.165 e. The zero-order valence-corrected chi connectivity index (χ0v) is 10.8. The summed E-state index contributed by atoms with van der Waals surface area (Å²) < 4.78 is 1.96. The van der Waals surface area contributed by atoms with Gasteiger partial charge in [0.2, 0.25) is 0 Å². The molecule has 0 N–H and O–H groups in total. The molecule has 2 heteroatoms. The van der Waals surface area contributed by atoms with Crippen molar-refractivity contribution in [3.05, 3.63) is 52.7 Å². The van der Waals surface area contributed by atoms with E-state index in [1.807, 2.05) is 54.8 Å². The molecule has 0 spiro atoms. The molecule has 2 nitrogen and oxygen atoms in total. The van der Waals surface area contributed by atoms with Crippen LogP contribution in [0.2, 0.25) is 0 Å². The molecule has 92 valence electrons. The van der Waals surface area contributed by atoms with Gasteiger partial charge in [0.25, 0.3) is 0 Å². The second-order valence-corrected chi connectivity index (χ2v) is 4.72. The van der Waals surface area contributed by atoms with Crippen LogP contribution in [0.1, 0.15) is 24.2 Å². The van der Waals surface area contributed by atoms with E-state index >= 15 is 0 Å². The third kappa shape index (κ3) is 2.14. The zero-order valence-electron chi connectivity index (χ0n) is 10.8. The van der Waals surface area contributed by atoms with Gasteiger partial charge < -0.3 is 4.57 Å². The van der Waals surface area contributed by atoms with Crippen LogP contribution in [0.5, 0.6) is 0 Å². The molecule has 1 aromatic carbocycles. The highest BCUT2D eigenvalue weighted by Gasteiger charge is 2.10. The Kier molecular flexibility index (Phi) is 3.19. The first kappa shape index (κ1) is 12.4. The van der Waals surface area contributed by atoms with Crippen molar-refractivity contribution >= 4 is 18.9 Å². The zero-order chi connectivity index (χ0) is 13.3. The highest BCUT2D eigenvalue weighted by Crippen LogP contribution is 2.11. The summed E-state index contributed by atoms with van der Waals surface area (Å²) in [5, 5.41) is 1.78. The van der Waals surface area contributed by atoms with Crippen molar-refractivity contribution in [3.8, 4) is 5.69 Å². The Morgan fingerprint density at radius 3 is 1.94 bits per heavy atom. The number of Topliss-reactive ketones (excluding diaryl/α,β-unsaturated/α-hetero) is 1. The lowest BCUT2D eigenvalue weighted by Gasteiger charge is -2.07. The smallest absolute Gasteiger partial charge is 0.165 e. The Hall–Kier alpha value is -2.09. The van der Waals surface area contributed by atoms with Crippen molar-refractivity contribution in [2.75, 3.05) is 0 Å². The van der Waals surface area contributed by atoms with Crippen molar-refractivity contribution in [1.29, 1.82) is 0 Å². The van der Waals surface area contributed by atoms with Crippen LogP contribution in [-0.2, 0) is 0 Å². The van der Waals surface area contributed by atoms with Crippen LogP contribution in [0.4, 0.5) is 0 Å². The predicted octanol–water partition coefficient (Wildman–Crippen LogP) is 2.14. The molecule has 0 saturated carbocycles. The minimum Gasteiger partial charge on any atom is -0.312 e. The first-order valence-corrected chi connectivity index (χ1v) is 6.01. The summed E-state index contributed by atoms with van der Waals surface area (Å²) in [5.74, 6) is 0.188. The monoisotopic (exact) mass is 239 g/mol. The Bertz CT molecular complexity index is 635. The minimum absolute atomic E-state index is 0.0224. The van der Waals surface area contributed by atoms with Gasteiger partial charge in [-0.1, -0.05) is 27.0 Å². The molecule has 0 bridgehead atoms. The van der Waals surface area contributed by atoms with Gasteiger partial charge in [-0.2, -0.15) is 0 Å². The van der Waals surface area contributed by atoms with Gasteiger partial charge in [-0.15, -0.1) is 0 Å². The molecule has 1 heterocycles. The maximum absolute atomic E-state index is 11.8. The number of nitrogens with zero attached hydrogens (tertiary/aromatic N) is 1. The topological polar surface area (TPSA) is 22.0 Å². The van der Waals surface area contributed by atoms with Crippen molar-refractivity contribution in [2.45, 2.75) is 13.8 Å². The minimum atomic E-state index is 0.0224. The van der Waals surface area contributed by atoms with Crippen LogP contribution < -0.4 is 10.7 Å². The second-order valence-electron chi connectivity index (χ2n) is 4.72. The summed E-state index contributed by atoms with van der Waals surface area (Å²) in [7, 11) is 0. The number of hydrogen-bond acceptors (Lipinski definition) is 1. The van der Waals surface area contributed by atoms with Crippen molar-refractivity contribution in [3.63, 3.8) is 0 Å². The van der Waals surface area contributed by atoms with Crippen molar-refractivity contribution < 1.29 is 4.79 Å². The fourth-order valence-corrected chi connectivity index (χ4v) is 1.97. The summed E-state index contributed by atoms with van der Waals surface area (Å²) in [6.45, 7) is 11.7. The number of carbonyl (C=O) groups is 1. The van der Waals surface area contributed by atoms with Crippen LogP contribution in [0, 0.1) is 5.92 Å². The number of rotatable bonds is 3. The SMILES string of the molecule is C=c1ccc(=C)n1-c1ccc(C(=O)C(C)C)cc1. The van der Waals surface area contributed by atoms with Gasteiger partial charge in [-0.05, 0) is 36.4 Å². The number of benzene rings is 1. The van der Waals surface area contributed by atoms with Crippen molar-refractivity contribution in [1.82, 2.24) is 4.57 Å². The molecule has 0 amide bonds. The highest BCUT2D eigenvalue weighted by molar-refractivity contribution is 5.97.